The van der Waals surface area contributed by atoms with Gasteiger partial charge in [0.2, 0.25) is 5.91 Å². The Balaban J connectivity index is 2.43. The van der Waals surface area contributed by atoms with Crippen molar-refractivity contribution in [2.75, 3.05) is 19.6 Å². The van der Waals surface area contributed by atoms with Crippen LogP contribution in [0.25, 0.3) is 0 Å². The number of rotatable bonds is 8. The number of thiazole rings is 1. The van der Waals surface area contributed by atoms with E-state index in [1.54, 1.807) is 11.3 Å². The molecule has 0 bridgehead atoms. The molecule has 0 aliphatic heterocycles. The summed E-state index contributed by atoms with van der Waals surface area (Å²) in [5, 5.41) is 10.2. The predicted octanol–water partition coefficient (Wildman–Crippen LogP) is 1.73. The molecule has 0 spiro atoms. The lowest BCUT2D eigenvalue weighted by Crippen LogP contribution is -2.39. The molecule has 0 fully saturated rings. The average Bonchev–Trinajstić information content (AvgIpc) is 2.81. The summed E-state index contributed by atoms with van der Waals surface area (Å²) in [6.07, 6.45) is 1.40. The highest BCUT2D eigenvalue weighted by molar-refractivity contribution is 7.11. The number of hydrogen-bond acceptors (Lipinski definition) is 4. The normalized spacial score (nSPS) is 11.4. The molecule has 6 nitrogen and oxygen atoms in total. The average molecular weight is 325 g/mol. The molecule has 22 heavy (non-hydrogen) atoms. The Morgan fingerprint density at radius 3 is 2.55 bits per heavy atom. The van der Waals surface area contributed by atoms with E-state index in [0.29, 0.717) is 19.5 Å². The van der Waals surface area contributed by atoms with Crippen LogP contribution in [-0.2, 0) is 11.3 Å². The molecule has 1 aromatic rings. The van der Waals surface area contributed by atoms with Gasteiger partial charge >= 0.3 is 0 Å². The topological polar surface area (TPSA) is 78.4 Å². The summed E-state index contributed by atoms with van der Waals surface area (Å²) in [5.74, 6) is 0.785. The van der Waals surface area contributed by atoms with E-state index in [9.17, 15) is 4.79 Å². The number of aliphatic imine (C=N–C) groups is 1. The molecule has 0 radical (unpaired) electrons. The fourth-order valence-electron chi connectivity index (χ4n) is 1.74. The maximum absolute atomic E-state index is 11.5. The number of aromatic nitrogens is 1. The lowest BCUT2D eigenvalue weighted by molar-refractivity contribution is -0.120. The zero-order chi connectivity index (χ0) is 16.4. The van der Waals surface area contributed by atoms with Crippen molar-refractivity contribution in [1.82, 2.24) is 20.9 Å². The van der Waals surface area contributed by atoms with E-state index in [1.807, 2.05) is 20.8 Å². The van der Waals surface area contributed by atoms with Crippen molar-refractivity contribution < 1.29 is 4.79 Å². The second kappa shape index (κ2) is 10.2. The Morgan fingerprint density at radius 1 is 1.18 bits per heavy atom. The number of carbonyl (C=O) groups is 1. The minimum Gasteiger partial charge on any atom is -0.357 e. The lowest BCUT2D eigenvalue weighted by atomic mass is 10.4. The number of nitrogens with one attached hydrogen (secondary N) is 3. The first-order chi connectivity index (χ1) is 10.6. The third-order valence-electron chi connectivity index (χ3n) is 3.01. The minimum atomic E-state index is 0.0661. The third-order valence-corrected chi connectivity index (χ3v) is 4.06. The highest BCUT2D eigenvalue weighted by atomic mass is 32.1. The van der Waals surface area contributed by atoms with Gasteiger partial charge in [0, 0.05) is 30.9 Å². The Hall–Kier alpha value is -1.63. The van der Waals surface area contributed by atoms with Crippen molar-refractivity contribution in [3.05, 3.63) is 15.6 Å². The molecule has 3 N–H and O–H groups in total. The van der Waals surface area contributed by atoms with Crippen LogP contribution in [0.15, 0.2) is 4.99 Å². The lowest BCUT2D eigenvalue weighted by Gasteiger charge is -2.10. The molecule has 0 aromatic carbocycles. The molecular weight excluding hydrogens is 298 g/mol. The van der Waals surface area contributed by atoms with Gasteiger partial charge in [-0.3, -0.25) is 4.79 Å². The second-order valence-electron chi connectivity index (χ2n) is 4.97. The quantitative estimate of drug-likeness (QED) is 0.502. The van der Waals surface area contributed by atoms with Gasteiger partial charge in [0.15, 0.2) is 5.96 Å². The molecular formula is C15H27N5OS. The van der Waals surface area contributed by atoms with Crippen LogP contribution in [0, 0.1) is 13.8 Å². The monoisotopic (exact) mass is 325 g/mol. The number of hydrogen-bond donors (Lipinski definition) is 3. The van der Waals surface area contributed by atoms with Crippen LogP contribution in [0.4, 0.5) is 0 Å². The number of guanidine groups is 1. The molecule has 0 atom stereocenters. The molecule has 0 saturated heterocycles. The van der Waals surface area contributed by atoms with Crippen molar-refractivity contribution in [2.45, 2.75) is 47.1 Å². The first-order valence-electron chi connectivity index (χ1n) is 7.78. The van der Waals surface area contributed by atoms with Crippen molar-refractivity contribution in [2.24, 2.45) is 4.99 Å². The molecule has 0 aliphatic carbocycles. The van der Waals surface area contributed by atoms with Crippen LogP contribution in [0.1, 0.15) is 42.3 Å². The summed E-state index contributed by atoms with van der Waals surface area (Å²) < 4.78 is 0. The van der Waals surface area contributed by atoms with E-state index in [-0.39, 0.29) is 5.91 Å². The smallest absolute Gasteiger partial charge is 0.221 e. The summed E-state index contributed by atoms with van der Waals surface area (Å²) in [5.41, 5.74) is 1.07. The van der Waals surface area contributed by atoms with Crippen LogP contribution < -0.4 is 16.0 Å². The second-order valence-corrected chi connectivity index (χ2v) is 6.26. The van der Waals surface area contributed by atoms with Crippen molar-refractivity contribution in [3.8, 4) is 0 Å². The maximum atomic E-state index is 11.5. The highest BCUT2D eigenvalue weighted by Gasteiger charge is 2.05. The number of amides is 1. The van der Waals surface area contributed by atoms with Crippen LogP contribution >= 0.6 is 11.3 Å². The predicted molar refractivity (Wildman–Crippen MR) is 92.3 cm³/mol. The van der Waals surface area contributed by atoms with Crippen molar-refractivity contribution >= 4 is 23.2 Å². The maximum Gasteiger partial charge on any atom is 0.221 e. The Labute approximate surface area is 136 Å². The molecule has 7 heteroatoms. The molecule has 1 heterocycles. The van der Waals surface area contributed by atoms with Crippen LogP contribution in [0.3, 0.4) is 0 Å². The van der Waals surface area contributed by atoms with Gasteiger partial charge < -0.3 is 16.0 Å². The van der Waals surface area contributed by atoms with E-state index in [0.717, 1.165) is 36.2 Å². The minimum absolute atomic E-state index is 0.0661. The van der Waals surface area contributed by atoms with E-state index < -0.39 is 0 Å². The van der Waals surface area contributed by atoms with Gasteiger partial charge in [-0.2, -0.15) is 0 Å². The summed E-state index contributed by atoms with van der Waals surface area (Å²) in [4.78, 5) is 21.8. The van der Waals surface area contributed by atoms with Crippen LogP contribution in [0.2, 0.25) is 0 Å². The number of nitrogens with zero attached hydrogens (tertiary/aromatic N) is 2. The van der Waals surface area contributed by atoms with Crippen LogP contribution in [0.5, 0.6) is 0 Å². The van der Waals surface area contributed by atoms with Crippen LogP contribution in [-0.4, -0.2) is 36.5 Å². The summed E-state index contributed by atoms with van der Waals surface area (Å²) in [7, 11) is 0. The molecule has 0 aliphatic rings. The van der Waals surface area contributed by atoms with Gasteiger partial charge in [-0.25, -0.2) is 9.98 Å². The summed E-state index contributed by atoms with van der Waals surface area (Å²) in [6.45, 7) is 10.8. The Kier molecular flexibility index (Phi) is 8.50. The standard InChI is InChI=1S/C15H27N5OS/c1-5-8-17-13(21)7-9-18-15(16-6-2)19-10-14-20-11(3)12(4)22-14/h5-10H2,1-4H3,(H,17,21)(H2,16,18,19). The molecule has 1 amide bonds. The Morgan fingerprint density at radius 2 is 1.95 bits per heavy atom. The number of aryl methyl sites for hydroxylation is 2. The Bertz CT molecular complexity index is 479. The highest BCUT2D eigenvalue weighted by Crippen LogP contribution is 2.16. The van der Waals surface area contributed by atoms with Crippen molar-refractivity contribution in [1.29, 1.82) is 0 Å². The molecule has 1 aromatic heterocycles. The number of carbonyl (C=O) groups excluding carboxylic acids is 1. The molecule has 1 rings (SSSR count). The van der Waals surface area contributed by atoms with Crippen molar-refractivity contribution in [3.63, 3.8) is 0 Å². The largest absolute Gasteiger partial charge is 0.357 e. The first-order valence-corrected chi connectivity index (χ1v) is 8.60. The van der Waals surface area contributed by atoms with Gasteiger partial charge in [-0.05, 0) is 27.2 Å². The molecule has 124 valence electrons. The third kappa shape index (κ3) is 6.89. The zero-order valence-corrected chi connectivity index (χ0v) is 14.8. The first kappa shape index (κ1) is 18.4. The van der Waals surface area contributed by atoms with E-state index in [2.05, 4.69) is 32.9 Å². The SMILES string of the molecule is CCCNC(=O)CCNC(=NCc1nc(C)c(C)s1)NCC. The van der Waals surface area contributed by atoms with Gasteiger partial charge in [-0.1, -0.05) is 6.92 Å². The van der Waals surface area contributed by atoms with E-state index in [1.165, 1.54) is 4.88 Å². The van der Waals surface area contributed by atoms with E-state index >= 15 is 0 Å². The molecule has 0 saturated carbocycles. The van der Waals surface area contributed by atoms with Gasteiger partial charge in [0.25, 0.3) is 0 Å². The van der Waals surface area contributed by atoms with Gasteiger partial charge in [0.1, 0.15) is 5.01 Å². The summed E-state index contributed by atoms with van der Waals surface area (Å²) >= 11 is 1.67. The zero-order valence-electron chi connectivity index (χ0n) is 14.0. The fourth-order valence-corrected chi connectivity index (χ4v) is 2.60. The summed E-state index contributed by atoms with van der Waals surface area (Å²) in [6, 6.07) is 0. The van der Waals surface area contributed by atoms with Gasteiger partial charge in [0.05, 0.1) is 12.2 Å². The molecule has 0 unspecified atom stereocenters. The van der Waals surface area contributed by atoms with Gasteiger partial charge in [-0.15, -0.1) is 11.3 Å². The fraction of sp³-hybridized carbons (Fsp3) is 0.667. The van der Waals surface area contributed by atoms with E-state index in [4.69, 9.17) is 0 Å².